The van der Waals surface area contributed by atoms with E-state index in [1.807, 2.05) is 0 Å². The second kappa shape index (κ2) is 12.9. The van der Waals surface area contributed by atoms with Gasteiger partial charge in [0.1, 0.15) is 73.2 Å². The van der Waals surface area contributed by atoms with Gasteiger partial charge in [-0.15, -0.1) is 0 Å². The van der Waals surface area contributed by atoms with E-state index in [1.54, 1.807) is 0 Å². The molecule has 2 aliphatic rings. The van der Waals surface area contributed by atoms with Gasteiger partial charge >= 0.3 is 0 Å². The first-order valence-corrected chi connectivity index (χ1v) is 10.4. The van der Waals surface area contributed by atoms with Gasteiger partial charge in [0.2, 0.25) is 0 Å². The molecule has 16 heteroatoms. The molecule has 2 saturated heterocycles. The number of hydrogen-bond acceptors (Lipinski definition) is 16. The largest absolute Gasteiger partial charge is 0.394 e. The van der Waals surface area contributed by atoms with Crippen LogP contribution in [0.4, 0.5) is 0 Å². The highest BCUT2D eigenvalue weighted by molar-refractivity contribution is 5.57. The molecule has 0 aromatic heterocycles. The van der Waals surface area contributed by atoms with E-state index in [9.17, 15) is 55.9 Å². The summed E-state index contributed by atoms with van der Waals surface area (Å²) in [4.78, 5) is 11.3. The van der Waals surface area contributed by atoms with Gasteiger partial charge in [0, 0.05) is 0 Å². The molecule has 0 spiro atoms. The molecule has 0 amide bonds. The smallest absolute Gasteiger partial charge is 0.187 e. The number of carbonyl (C=O) groups excluding carboxylic acids is 1. The summed E-state index contributed by atoms with van der Waals surface area (Å²) in [6, 6.07) is 0. The van der Waals surface area contributed by atoms with E-state index in [4.69, 9.17) is 24.1 Å². The molecule has 2 aliphatic heterocycles. The van der Waals surface area contributed by atoms with Crippen LogP contribution in [0.3, 0.4) is 0 Å². The number of aliphatic hydroxyl groups excluding tert-OH is 11. The van der Waals surface area contributed by atoms with Gasteiger partial charge in [0.05, 0.1) is 19.8 Å². The molecule has 11 N–H and O–H groups in total. The average molecular weight is 504 g/mol. The molecular weight excluding hydrogens is 472 g/mol. The first-order valence-electron chi connectivity index (χ1n) is 10.4. The van der Waals surface area contributed by atoms with Crippen molar-refractivity contribution in [2.45, 2.75) is 85.8 Å². The van der Waals surface area contributed by atoms with Gasteiger partial charge in [0.15, 0.2) is 18.9 Å². The Balaban J connectivity index is 2.12. The summed E-state index contributed by atoms with van der Waals surface area (Å²) < 4.78 is 20.9. The van der Waals surface area contributed by atoms with Crippen LogP contribution < -0.4 is 0 Å². The number of rotatable bonds is 11. The van der Waals surface area contributed by atoms with Gasteiger partial charge in [-0.2, -0.15) is 0 Å². The maximum Gasteiger partial charge on any atom is 0.187 e. The SMILES string of the molecule is O=C[C@H](OC1O[C@H](CO)[C@@H](OC2O[C@H](CO)[C@@H](O)[C@H](O)[C@H]2O)[C@H](O)[C@H]1O)[C@@H](O)[C@H](O)[C@H](O)CO. The number of ether oxygens (including phenoxy) is 4. The Morgan fingerprint density at radius 2 is 1.29 bits per heavy atom. The Labute approximate surface area is 192 Å². The fourth-order valence-corrected chi connectivity index (χ4v) is 3.55. The quantitative estimate of drug-likeness (QED) is 0.117. The highest BCUT2D eigenvalue weighted by atomic mass is 16.7. The molecule has 200 valence electrons. The molecule has 2 fully saturated rings. The highest BCUT2D eigenvalue weighted by Gasteiger charge is 2.51. The van der Waals surface area contributed by atoms with Crippen molar-refractivity contribution in [3.63, 3.8) is 0 Å². The topological polar surface area (TPSA) is 277 Å². The van der Waals surface area contributed by atoms with Crippen molar-refractivity contribution in [2.75, 3.05) is 19.8 Å². The van der Waals surface area contributed by atoms with Crippen molar-refractivity contribution in [2.24, 2.45) is 0 Å². The summed E-state index contributed by atoms with van der Waals surface area (Å²) in [5, 5.41) is 108. The Bertz CT molecular complexity index is 621. The molecular formula is C18H32O16. The highest BCUT2D eigenvalue weighted by Crippen LogP contribution is 2.30. The molecule has 2 heterocycles. The predicted molar refractivity (Wildman–Crippen MR) is 102 cm³/mol. The van der Waals surface area contributed by atoms with Crippen molar-refractivity contribution >= 4 is 6.29 Å². The molecule has 0 saturated carbocycles. The number of carbonyl (C=O) groups is 1. The first-order chi connectivity index (χ1) is 16.0. The first kappa shape index (κ1) is 29.3. The summed E-state index contributed by atoms with van der Waals surface area (Å²) in [5.41, 5.74) is 0. The molecule has 0 aromatic carbocycles. The van der Waals surface area contributed by atoms with Crippen molar-refractivity contribution in [3.05, 3.63) is 0 Å². The van der Waals surface area contributed by atoms with E-state index in [-0.39, 0.29) is 6.29 Å². The van der Waals surface area contributed by atoms with Crippen molar-refractivity contribution < 1.29 is 79.9 Å². The van der Waals surface area contributed by atoms with Crippen LogP contribution in [0, 0.1) is 0 Å². The van der Waals surface area contributed by atoms with Gasteiger partial charge in [-0.1, -0.05) is 0 Å². The van der Waals surface area contributed by atoms with E-state index >= 15 is 0 Å². The third kappa shape index (κ3) is 6.25. The van der Waals surface area contributed by atoms with Crippen molar-refractivity contribution in [1.82, 2.24) is 0 Å². The number of aldehydes is 1. The fourth-order valence-electron chi connectivity index (χ4n) is 3.55. The second-order valence-electron chi connectivity index (χ2n) is 7.97. The zero-order valence-electron chi connectivity index (χ0n) is 17.7. The minimum Gasteiger partial charge on any atom is -0.394 e. The molecule has 2 rings (SSSR count). The molecule has 34 heavy (non-hydrogen) atoms. The lowest BCUT2D eigenvalue weighted by molar-refractivity contribution is -0.363. The summed E-state index contributed by atoms with van der Waals surface area (Å²) in [6.45, 7) is -2.58. The van der Waals surface area contributed by atoms with E-state index in [0.717, 1.165) is 0 Å². The van der Waals surface area contributed by atoms with Crippen LogP contribution in [-0.2, 0) is 23.7 Å². The summed E-state index contributed by atoms with van der Waals surface area (Å²) >= 11 is 0. The molecule has 0 aliphatic carbocycles. The molecule has 14 atom stereocenters. The van der Waals surface area contributed by atoms with Crippen LogP contribution in [0.2, 0.25) is 0 Å². The van der Waals surface area contributed by atoms with Crippen LogP contribution in [0.1, 0.15) is 0 Å². The summed E-state index contributed by atoms with van der Waals surface area (Å²) in [7, 11) is 0. The Morgan fingerprint density at radius 1 is 0.735 bits per heavy atom. The monoisotopic (exact) mass is 504 g/mol. The van der Waals surface area contributed by atoms with E-state index in [1.165, 1.54) is 0 Å². The molecule has 0 bridgehead atoms. The molecule has 16 nitrogen and oxygen atoms in total. The second-order valence-corrected chi connectivity index (χ2v) is 7.97. The Hall–Kier alpha value is -0.930. The Kier molecular flexibility index (Phi) is 11.1. The maximum atomic E-state index is 11.3. The number of hydrogen-bond donors (Lipinski definition) is 11. The van der Waals surface area contributed by atoms with Gasteiger partial charge in [0.25, 0.3) is 0 Å². The number of aliphatic hydroxyl groups is 11. The van der Waals surface area contributed by atoms with Crippen LogP contribution in [0.25, 0.3) is 0 Å². The van der Waals surface area contributed by atoms with Crippen LogP contribution in [0.5, 0.6) is 0 Å². The fraction of sp³-hybridized carbons (Fsp3) is 0.944. The van der Waals surface area contributed by atoms with Gasteiger partial charge in [-0.25, -0.2) is 0 Å². The normalized spacial score (nSPS) is 42.6. The van der Waals surface area contributed by atoms with E-state index < -0.39 is 106 Å². The minimum absolute atomic E-state index is 0.00490. The molecule has 0 aromatic rings. The van der Waals surface area contributed by atoms with Crippen LogP contribution in [0.15, 0.2) is 0 Å². The van der Waals surface area contributed by atoms with Crippen LogP contribution >= 0.6 is 0 Å². The standard InChI is InChI=1S/C18H32O16/c19-1-5(23)9(24)10(25)6(2-20)31-17-15(30)13(28)16(8(4-22)33-17)34-18-14(29)12(27)11(26)7(3-21)32-18/h2,5-19,21-30H,1,3-4H2/t5-,6+,7-,8-,9-,10-,11-,12+,13-,14-,15-,16-,17?,18?/m1/s1. The van der Waals surface area contributed by atoms with Crippen molar-refractivity contribution in [3.8, 4) is 0 Å². The lowest BCUT2D eigenvalue weighted by atomic mass is 9.97. The minimum atomic E-state index is -2.08. The van der Waals surface area contributed by atoms with E-state index in [0.29, 0.717) is 0 Å². The third-order valence-electron chi connectivity index (χ3n) is 5.65. The molecule has 2 unspecified atom stereocenters. The third-order valence-corrected chi connectivity index (χ3v) is 5.65. The van der Waals surface area contributed by atoms with E-state index in [2.05, 4.69) is 0 Å². The predicted octanol–water partition coefficient (Wildman–Crippen LogP) is -7.73. The lowest BCUT2D eigenvalue weighted by Gasteiger charge is -2.46. The average Bonchev–Trinajstić information content (AvgIpc) is 2.84. The van der Waals surface area contributed by atoms with Gasteiger partial charge in [-0.05, 0) is 0 Å². The zero-order valence-corrected chi connectivity index (χ0v) is 17.7. The van der Waals surface area contributed by atoms with Gasteiger partial charge < -0.3 is 79.9 Å². The van der Waals surface area contributed by atoms with Crippen molar-refractivity contribution in [1.29, 1.82) is 0 Å². The summed E-state index contributed by atoms with van der Waals surface area (Å²) in [5.74, 6) is 0. The maximum absolute atomic E-state index is 11.3. The van der Waals surface area contributed by atoms with Gasteiger partial charge in [-0.3, -0.25) is 0 Å². The Morgan fingerprint density at radius 3 is 1.82 bits per heavy atom. The zero-order chi connectivity index (χ0) is 25.7. The molecule has 0 radical (unpaired) electrons. The van der Waals surface area contributed by atoms with Crippen LogP contribution in [-0.4, -0.2) is 168 Å². The summed E-state index contributed by atoms with van der Waals surface area (Å²) in [6.07, 6.45) is -25.2. The lowest BCUT2D eigenvalue weighted by Crippen LogP contribution is -2.65.